The molecule has 0 saturated carbocycles. The van der Waals surface area contributed by atoms with Crippen LogP contribution in [-0.4, -0.2) is 41.0 Å². The molecule has 7 nitrogen and oxygen atoms in total. The number of carbonyl (C=O) groups excluding carboxylic acids is 2. The van der Waals surface area contributed by atoms with Crippen LogP contribution in [0.2, 0.25) is 0 Å². The summed E-state index contributed by atoms with van der Waals surface area (Å²) in [4.78, 5) is 29.6. The standard InChI is InChI=1S/C16H21N5O2/c1-20-13-5-3-2-4-12(13)19-16(20)21-8-6-11(7-9-21)15(23)18-10-14(17)22/h2-5,11H,6-10H2,1H3,(H2,17,22)(H,18,23). The summed E-state index contributed by atoms with van der Waals surface area (Å²) >= 11 is 0. The second-order valence-electron chi connectivity index (χ2n) is 5.90. The number of fused-ring (bicyclic) bond motifs is 1. The van der Waals surface area contributed by atoms with Crippen LogP contribution in [0.3, 0.4) is 0 Å². The Kier molecular flexibility index (Phi) is 4.18. The molecule has 2 heterocycles. The fourth-order valence-electron chi connectivity index (χ4n) is 3.08. The third kappa shape index (κ3) is 3.13. The molecule has 3 rings (SSSR count). The molecule has 1 fully saturated rings. The average molecular weight is 315 g/mol. The second-order valence-corrected chi connectivity index (χ2v) is 5.90. The first-order valence-corrected chi connectivity index (χ1v) is 7.78. The van der Waals surface area contributed by atoms with Crippen LogP contribution < -0.4 is 16.0 Å². The molecule has 0 bridgehead atoms. The minimum atomic E-state index is -0.518. The van der Waals surface area contributed by atoms with E-state index in [1.165, 1.54) is 0 Å². The number of nitrogens with zero attached hydrogens (tertiary/aromatic N) is 3. The molecule has 0 radical (unpaired) electrons. The highest BCUT2D eigenvalue weighted by Gasteiger charge is 2.27. The number of rotatable bonds is 4. The number of aryl methyl sites for hydroxylation is 1. The SMILES string of the molecule is Cn1c(N2CCC(C(=O)NCC(N)=O)CC2)nc2ccccc21. The van der Waals surface area contributed by atoms with E-state index in [0.29, 0.717) is 0 Å². The number of amides is 2. The molecule has 2 amide bonds. The number of carbonyl (C=O) groups is 2. The maximum absolute atomic E-state index is 12.0. The molecule has 1 aliphatic heterocycles. The predicted molar refractivity (Wildman–Crippen MR) is 87.9 cm³/mol. The van der Waals surface area contributed by atoms with Crippen molar-refractivity contribution in [3.05, 3.63) is 24.3 Å². The summed E-state index contributed by atoms with van der Waals surface area (Å²) < 4.78 is 2.09. The molecule has 7 heteroatoms. The fraction of sp³-hybridized carbons (Fsp3) is 0.438. The van der Waals surface area contributed by atoms with E-state index in [4.69, 9.17) is 10.7 Å². The number of primary amides is 1. The summed E-state index contributed by atoms with van der Waals surface area (Å²) in [5.41, 5.74) is 7.13. The van der Waals surface area contributed by atoms with E-state index in [2.05, 4.69) is 20.9 Å². The van der Waals surface area contributed by atoms with Crippen LogP contribution in [0, 0.1) is 5.92 Å². The molecule has 0 spiro atoms. The number of nitrogens with one attached hydrogen (secondary N) is 1. The normalized spacial score (nSPS) is 15.8. The van der Waals surface area contributed by atoms with Crippen molar-refractivity contribution >= 4 is 28.8 Å². The Labute approximate surface area is 134 Å². The molecule has 1 aliphatic rings. The first-order valence-electron chi connectivity index (χ1n) is 7.78. The molecular formula is C16H21N5O2. The predicted octanol–water partition coefficient (Wildman–Crippen LogP) is 0.391. The van der Waals surface area contributed by atoms with E-state index in [9.17, 15) is 9.59 Å². The second kappa shape index (κ2) is 6.28. The Balaban J connectivity index is 1.65. The van der Waals surface area contributed by atoms with Crippen LogP contribution in [-0.2, 0) is 16.6 Å². The van der Waals surface area contributed by atoms with Gasteiger partial charge in [0.25, 0.3) is 0 Å². The molecule has 0 unspecified atom stereocenters. The number of nitrogens with two attached hydrogens (primary N) is 1. The minimum absolute atomic E-state index is 0.0692. The Bertz CT molecular complexity index is 731. The average Bonchev–Trinajstić information content (AvgIpc) is 2.90. The largest absolute Gasteiger partial charge is 0.368 e. The Morgan fingerprint density at radius 3 is 2.65 bits per heavy atom. The number of para-hydroxylation sites is 2. The molecule has 23 heavy (non-hydrogen) atoms. The van der Waals surface area contributed by atoms with Crippen LogP contribution in [0.1, 0.15) is 12.8 Å². The number of benzene rings is 1. The van der Waals surface area contributed by atoms with E-state index >= 15 is 0 Å². The highest BCUT2D eigenvalue weighted by Crippen LogP contribution is 2.25. The van der Waals surface area contributed by atoms with Crippen molar-refractivity contribution in [2.24, 2.45) is 18.7 Å². The molecule has 0 atom stereocenters. The maximum atomic E-state index is 12.0. The van der Waals surface area contributed by atoms with Crippen LogP contribution in [0.5, 0.6) is 0 Å². The van der Waals surface area contributed by atoms with Gasteiger partial charge in [-0.2, -0.15) is 0 Å². The lowest BCUT2D eigenvalue weighted by atomic mass is 9.96. The van der Waals surface area contributed by atoms with E-state index < -0.39 is 5.91 Å². The summed E-state index contributed by atoms with van der Waals surface area (Å²) in [6, 6.07) is 8.04. The van der Waals surface area contributed by atoms with Gasteiger partial charge in [-0.05, 0) is 25.0 Å². The van der Waals surface area contributed by atoms with Crippen LogP contribution >= 0.6 is 0 Å². The molecule has 122 valence electrons. The van der Waals surface area contributed by atoms with Crippen molar-refractivity contribution in [1.82, 2.24) is 14.9 Å². The van der Waals surface area contributed by atoms with Crippen molar-refractivity contribution in [2.45, 2.75) is 12.8 Å². The van der Waals surface area contributed by atoms with Gasteiger partial charge in [0.05, 0.1) is 17.6 Å². The Morgan fingerprint density at radius 2 is 2.00 bits per heavy atom. The number of hydrogen-bond acceptors (Lipinski definition) is 4. The van der Waals surface area contributed by atoms with Gasteiger partial charge in [-0.25, -0.2) is 4.98 Å². The van der Waals surface area contributed by atoms with E-state index in [1.807, 2.05) is 25.2 Å². The zero-order valence-corrected chi connectivity index (χ0v) is 13.2. The van der Waals surface area contributed by atoms with E-state index in [-0.39, 0.29) is 18.4 Å². The van der Waals surface area contributed by atoms with Gasteiger partial charge in [0.15, 0.2) is 0 Å². The van der Waals surface area contributed by atoms with Gasteiger partial charge < -0.3 is 20.5 Å². The molecule has 3 N–H and O–H groups in total. The highest BCUT2D eigenvalue weighted by molar-refractivity contribution is 5.85. The summed E-state index contributed by atoms with van der Waals surface area (Å²) in [7, 11) is 2.01. The first-order chi connectivity index (χ1) is 11.1. The van der Waals surface area contributed by atoms with Gasteiger partial charge in [0.1, 0.15) is 0 Å². The summed E-state index contributed by atoms with van der Waals surface area (Å²) in [5, 5.41) is 2.59. The monoisotopic (exact) mass is 315 g/mol. The summed E-state index contributed by atoms with van der Waals surface area (Å²) in [5.74, 6) is 0.256. The van der Waals surface area contributed by atoms with Crippen molar-refractivity contribution in [2.75, 3.05) is 24.5 Å². The van der Waals surface area contributed by atoms with Crippen molar-refractivity contribution in [1.29, 1.82) is 0 Å². The lowest BCUT2D eigenvalue weighted by Crippen LogP contribution is -2.43. The van der Waals surface area contributed by atoms with Gasteiger partial charge in [-0.1, -0.05) is 12.1 Å². The lowest BCUT2D eigenvalue weighted by molar-refractivity contribution is -0.128. The van der Waals surface area contributed by atoms with Crippen molar-refractivity contribution in [3.8, 4) is 0 Å². The zero-order valence-electron chi connectivity index (χ0n) is 13.2. The Hall–Kier alpha value is -2.57. The lowest BCUT2D eigenvalue weighted by Gasteiger charge is -2.31. The number of hydrogen-bond donors (Lipinski definition) is 2. The van der Waals surface area contributed by atoms with E-state index in [0.717, 1.165) is 42.9 Å². The van der Waals surface area contributed by atoms with Gasteiger partial charge in [-0.3, -0.25) is 9.59 Å². The van der Waals surface area contributed by atoms with Crippen LogP contribution in [0.25, 0.3) is 11.0 Å². The first kappa shape index (κ1) is 15.3. The van der Waals surface area contributed by atoms with E-state index in [1.54, 1.807) is 0 Å². The third-order valence-electron chi connectivity index (χ3n) is 4.35. The van der Waals surface area contributed by atoms with Gasteiger partial charge in [0, 0.05) is 26.1 Å². The molecule has 1 aromatic heterocycles. The molecule has 2 aromatic rings. The quantitative estimate of drug-likeness (QED) is 0.853. The summed E-state index contributed by atoms with van der Waals surface area (Å²) in [6.45, 7) is 1.45. The zero-order chi connectivity index (χ0) is 16.4. The Morgan fingerprint density at radius 1 is 1.30 bits per heavy atom. The van der Waals surface area contributed by atoms with Gasteiger partial charge in [-0.15, -0.1) is 0 Å². The highest BCUT2D eigenvalue weighted by atomic mass is 16.2. The van der Waals surface area contributed by atoms with Crippen LogP contribution in [0.4, 0.5) is 5.95 Å². The van der Waals surface area contributed by atoms with Crippen molar-refractivity contribution in [3.63, 3.8) is 0 Å². The minimum Gasteiger partial charge on any atom is -0.368 e. The molecule has 0 aliphatic carbocycles. The summed E-state index contributed by atoms with van der Waals surface area (Å²) in [6.07, 6.45) is 1.49. The van der Waals surface area contributed by atoms with Crippen LogP contribution in [0.15, 0.2) is 24.3 Å². The topological polar surface area (TPSA) is 93.3 Å². The molecule has 1 saturated heterocycles. The fourth-order valence-corrected chi connectivity index (χ4v) is 3.08. The number of piperidine rings is 1. The number of aromatic nitrogens is 2. The third-order valence-corrected chi connectivity index (χ3v) is 4.35. The smallest absolute Gasteiger partial charge is 0.236 e. The maximum Gasteiger partial charge on any atom is 0.236 e. The molecular weight excluding hydrogens is 294 g/mol. The van der Waals surface area contributed by atoms with Gasteiger partial charge >= 0.3 is 0 Å². The molecule has 1 aromatic carbocycles. The number of imidazole rings is 1. The van der Waals surface area contributed by atoms with Gasteiger partial charge in [0.2, 0.25) is 17.8 Å². The number of anilines is 1. The van der Waals surface area contributed by atoms with Crippen molar-refractivity contribution < 1.29 is 9.59 Å².